The second kappa shape index (κ2) is 5.98. The highest BCUT2D eigenvalue weighted by molar-refractivity contribution is 7.89. The van der Waals surface area contributed by atoms with Crippen LogP contribution < -0.4 is 4.72 Å². The molecular formula is C11H23NO3S. The average Bonchev–Trinajstić information content (AvgIpc) is 2.97. The van der Waals surface area contributed by atoms with E-state index < -0.39 is 16.1 Å². The second-order valence-corrected chi connectivity index (χ2v) is 6.97. The first kappa shape index (κ1) is 13.9. The molecule has 1 atom stereocenters. The summed E-state index contributed by atoms with van der Waals surface area (Å²) in [6, 6.07) is 0. The van der Waals surface area contributed by atoms with Gasteiger partial charge in [0.25, 0.3) is 0 Å². The van der Waals surface area contributed by atoms with Crippen molar-refractivity contribution in [2.24, 2.45) is 11.8 Å². The van der Waals surface area contributed by atoms with Gasteiger partial charge in [-0.2, -0.15) is 0 Å². The van der Waals surface area contributed by atoms with Crippen LogP contribution in [0.25, 0.3) is 0 Å². The van der Waals surface area contributed by atoms with E-state index in [1.165, 1.54) is 12.8 Å². The van der Waals surface area contributed by atoms with Crippen molar-refractivity contribution in [1.82, 2.24) is 4.72 Å². The monoisotopic (exact) mass is 249 g/mol. The van der Waals surface area contributed by atoms with Crippen LogP contribution in [0.15, 0.2) is 0 Å². The van der Waals surface area contributed by atoms with Crippen molar-refractivity contribution in [2.45, 2.75) is 45.6 Å². The Balaban J connectivity index is 2.14. The molecule has 5 heteroatoms. The van der Waals surface area contributed by atoms with Crippen molar-refractivity contribution in [2.75, 3.05) is 12.3 Å². The Bertz CT molecular complexity index is 296. The number of sulfonamides is 1. The molecule has 0 heterocycles. The lowest BCUT2D eigenvalue weighted by atomic mass is 10.1. The summed E-state index contributed by atoms with van der Waals surface area (Å²) in [5.41, 5.74) is 0. The number of hydrogen-bond acceptors (Lipinski definition) is 3. The molecule has 0 aromatic carbocycles. The number of aliphatic hydroxyl groups is 1. The first-order chi connectivity index (χ1) is 7.41. The predicted molar refractivity (Wildman–Crippen MR) is 64.6 cm³/mol. The molecule has 1 fully saturated rings. The van der Waals surface area contributed by atoms with Crippen molar-refractivity contribution in [1.29, 1.82) is 0 Å². The van der Waals surface area contributed by atoms with E-state index in [4.69, 9.17) is 0 Å². The van der Waals surface area contributed by atoms with Crippen molar-refractivity contribution in [3.63, 3.8) is 0 Å². The van der Waals surface area contributed by atoms with Crippen molar-refractivity contribution >= 4 is 10.0 Å². The third-order valence-corrected chi connectivity index (χ3v) is 4.44. The zero-order chi connectivity index (χ0) is 12.2. The normalized spacial score (nSPS) is 19.0. The molecule has 1 aliphatic carbocycles. The van der Waals surface area contributed by atoms with Crippen LogP contribution in [0, 0.1) is 11.8 Å². The molecule has 0 spiro atoms. The Kier molecular flexibility index (Phi) is 5.21. The van der Waals surface area contributed by atoms with Crippen LogP contribution in [0.4, 0.5) is 0 Å². The molecule has 96 valence electrons. The lowest BCUT2D eigenvalue weighted by Crippen LogP contribution is -2.30. The van der Waals surface area contributed by atoms with Crippen LogP contribution in [-0.4, -0.2) is 31.9 Å². The van der Waals surface area contributed by atoms with E-state index in [0.717, 1.165) is 6.42 Å². The van der Waals surface area contributed by atoms with Crippen LogP contribution in [0.2, 0.25) is 0 Å². The fourth-order valence-electron chi connectivity index (χ4n) is 1.50. The molecule has 0 bridgehead atoms. The minimum absolute atomic E-state index is 0.177. The summed E-state index contributed by atoms with van der Waals surface area (Å²) in [7, 11) is -3.12. The van der Waals surface area contributed by atoms with Gasteiger partial charge >= 0.3 is 0 Å². The fraction of sp³-hybridized carbons (Fsp3) is 1.00. The van der Waals surface area contributed by atoms with E-state index in [2.05, 4.69) is 4.72 Å². The minimum atomic E-state index is -3.12. The van der Waals surface area contributed by atoms with Gasteiger partial charge in [0, 0.05) is 6.54 Å². The molecule has 0 aliphatic heterocycles. The Hall–Kier alpha value is -0.130. The summed E-state index contributed by atoms with van der Waals surface area (Å²) in [6.45, 7) is 4.19. The van der Waals surface area contributed by atoms with Crippen molar-refractivity contribution in [3.8, 4) is 0 Å². The van der Waals surface area contributed by atoms with Crippen LogP contribution in [0.3, 0.4) is 0 Å². The van der Waals surface area contributed by atoms with E-state index in [9.17, 15) is 13.5 Å². The van der Waals surface area contributed by atoms with Gasteiger partial charge in [0.05, 0.1) is 11.9 Å². The second-order valence-electron chi connectivity index (χ2n) is 5.05. The lowest BCUT2D eigenvalue weighted by Gasteiger charge is -2.14. The molecule has 1 aliphatic rings. The van der Waals surface area contributed by atoms with Crippen LogP contribution in [0.1, 0.15) is 39.5 Å². The number of rotatable bonds is 8. The highest BCUT2D eigenvalue weighted by Crippen LogP contribution is 2.32. The summed E-state index contributed by atoms with van der Waals surface area (Å²) in [4.78, 5) is 0. The Morgan fingerprint density at radius 3 is 2.50 bits per heavy atom. The molecule has 16 heavy (non-hydrogen) atoms. The van der Waals surface area contributed by atoms with Crippen molar-refractivity contribution < 1.29 is 13.5 Å². The van der Waals surface area contributed by atoms with Gasteiger partial charge in [-0.25, -0.2) is 13.1 Å². The topological polar surface area (TPSA) is 66.4 Å². The quantitative estimate of drug-likeness (QED) is 0.677. The van der Waals surface area contributed by atoms with E-state index in [-0.39, 0.29) is 11.7 Å². The summed E-state index contributed by atoms with van der Waals surface area (Å²) >= 11 is 0. The molecule has 0 saturated heterocycles. The van der Waals surface area contributed by atoms with Gasteiger partial charge in [0.2, 0.25) is 10.0 Å². The number of aliphatic hydroxyl groups excluding tert-OH is 1. The van der Waals surface area contributed by atoms with Gasteiger partial charge in [0.15, 0.2) is 0 Å². The molecule has 1 saturated carbocycles. The molecule has 0 aromatic heterocycles. The highest BCUT2D eigenvalue weighted by Gasteiger charge is 2.23. The average molecular weight is 249 g/mol. The highest BCUT2D eigenvalue weighted by atomic mass is 32.2. The van der Waals surface area contributed by atoms with Crippen LogP contribution >= 0.6 is 0 Å². The third-order valence-electron chi connectivity index (χ3n) is 3.02. The van der Waals surface area contributed by atoms with Crippen LogP contribution in [0.5, 0.6) is 0 Å². The zero-order valence-electron chi connectivity index (χ0n) is 10.1. The van der Waals surface area contributed by atoms with Gasteiger partial charge in [-0.1, -0.05) is 26.7 Å². The predicted octanol–water partition coefficient (Wildman–Crippen LogP) is 1.11. The van der Waals surface area contributed by atoms with Gasteiger partial charge in [-0.05, 0) is 24.7 Å². The molecule has 0 radical (unpaired) electrons. The molecule has 1 rings (SSSR count). The first-order valence-electron chi connectivity index (χ1n) is 6.06. The number of nitrogens with one attached hydrogen (secondary N) is 1. The van der Waals surface area contributed by atoms with E-state index >= 15 is 0 Å². The van der Waals surface area contributed by atoms with Crippen LogP contribution in [-0.2, 0) is 10.0 Å². The Labute approximate surface area is 98.5 Å². The first-order valence-corrected chi connectivity index (χ1v) is 7.71. The molecule has 2 N–H and O–H groups in total. The van der Waals surface area contributed by atoms with Gasteiger partial charge in [-0.15, -0.1) is 0 Å². The SMILES string of the molecule is CC(C)C(O)CCNS(=O)(=O)CCC1CC1. The molecule has 0 aromatic rings. The standard InChI is InChI=1S/C11H23NO3S/c1-9(2)11(13)5-7-12-16(14,15)8-6-10-3-4-10/h9-13H,3-8H2,1-2H3. The zero-order valence-corrected chi connectivity index (χ0v) is 11.0. The number of hydrogen-bond donors (Lipinski definition) is 2. The summed E-state index contributed by atoms with van der Waals surface area (Å²) in [5, 5.41) is 9.52. The van der Waals surface area contributed by atoms with E-state index in [0.29, 0.717) is 18.9 Å². The summed E-state index contributed by atoms with van der Waals surface area (Å²) in [5.74, 6) is 1.05. The Morgan fingerprint density at radius 1 is 1.38 bits per heavy atom. The fourth-order valence-corrected chi connectivity index (χ4v) is 2.71. The Morgan fingerprint density at radius 2 is 2.00 bits per heavy atom. The maximum Gasteiger partial charge on any atom is 0.211 e. The van der Waals surface area contributed by atoms with Crippen molar-refractivity contribution in [3.05, 3.63) is 0 Å². The summed E-state index contributed by atoms with van der Waals surface area (Å²) in [6.07, 6.45) is 3.21. The molecule has 1 unspecified atom stereocenters. The summed E-state index contributed by atoms with van der Waals surface area (Å²) < 4.78 is 25.6. The smallest absolute Gasteiger partial charge is 0.211 e. The minimum Gasteiger partial charge on any atom is -0.393 e. The largest absolute Gasteiger partial charge is 0.393 e. The maximum absolute atomic E-state index is 11.5. The van der Waals surface area contributed by atoms with Gasteiger partial charge in [0.1, 0.15) is 0 Å². The van der Waals surface area contributed by atoms with E-state index in [1.807, 2.05) is 13.8 Å². The van der Waals surface area contributed by atoms with E-state index in [1.54, 1.807) is 0 Å². The van der Waals surface area contributed by atoms with Gasteiger partial charge < -0.3 is 5.11 Å². The molecular weight excluding hydrogens is 226 g/mol. The third kappa shape index (κ3) is 5.82. The molecule has 4 nitrogen and oxygen atoms in total. The maximum atomic E-state index is 11.5. The molecule has 0 amide bonds. The van der Waals surface area contributed by atoms with Gasteiger partial charge in [-0.3, -0.25) is 0 Å². The lowest BCUT2D eigenvalue weighted by molar-refractivity contribution is 0.118.